The first-order chi connectivity index (χ1) is 6.35. The molecule has 0 unspecified atom stereocenters. The van der Waals surface area contributed by atoms with Crippen molar-refractivity contribution < 1.29 is 0 Å². The summed E-state index contributed by atoms with van der Waals surface area (Å²) in [7, 11) is 0. The minimum Gasteiger partial charge on any atom is -0.352 e. The molecule has 0 atom stereocenters. The van der Waals surface area contributed by atoms with Gasteiger partial charge in [0.2, 0.25) is 5.95 Å². The molecule has 78 valence electrons. The molecule has 0 aliphatic heterocycles. The Kier molecular flexibility index (Phi) is 1.72. The molecule has 1 aromatic heterocycles. The molecule has 2 N–H and O–H groups in total. The molecule has 0 saturated heterocycles. The molecule has 0 spiro atoms. The summed E-state index contributed by atoms with van der Waals surface area (Å²) in [4.78, 5) is 7.46. The Labute approximate surface area is 85.3 Å². The van der Waals surface area contributed by atoms with Crippen molar-refractivity contribution in [3.8, 4) is 0 Å². The van der Waals surface area contributed by atoms with Crippen LogP contribution in [0.2, 0.25) is 0 Å². The number of nitrogens with zero attached hydrogens (tertiary/aromatic N) is 1. The Balaban J connectivity index is 2.08. The van der Waals surface area contributed by atoms with Gasteiger partial charge in [0.25, 0.3) is 0 Å². The normalized spacial score (nSPS) is 23.5. The van der Waals surface area contributed by atoms with Crippen LogP contribution in [0.4, 0.5) is 5.95 Å². The summed E-state index contributed by atoms with van der Waals surface area (Å²) in [5.74, 6) is 0.895. The topological polar surface area (TPSA) is 40.7 Å². The molecule has 1 aliphatic rings. The van der Waals surface area contributed by atoms with Crippen molar-refractivity contribution in [2.24, 2.45) is 10.8 Å². The number of anilines is 1. The van der Waals surface area contributed by atoms with E-state index in [9.17, 15) is 0 Å². The third-order valence-corrected chi connectivity index (χ3v) is 4.00. The Bertz CT molecular complexity index is 335. The number of imidazole rings is 1. The van der Waals surface area contributed by atoms with E-state index in [0.717, 1.165) is 11.6 Å². The fourth-order valence-corrected chi connectivity index (χ4v) is 2.18. The minimum atomic E-state index is 0.355. The highest BCUT2D eigenvalue weighted by molar-refractivity contribution is 5.36. The highest BCUT2D eigenvalue weighted by atomic mass is 15.2. The molecule has 0 amide bonds. The van der Waals surface area contributed by atoms with Crippen molar-refractivity contribution >= 4 is 5.95 Å². The van der Waals surface area contributed by atoms with Crippen LogP contribution in [0.25, 0.3) is 0 Å². The average Bonchev–Trinajstić information content (AvgIpc) is 2.47. The van der Waals surface area contributed by atoms with Crippen LogP contribution >= 0.6 is 0 Å². The first-order valence-corrected chi connectivity index (χ1v) is 5.14. The van der Waals surface area contributed by atoms with Gasteiger partial charge in [-0.1, -0.05) is 27.7 Å². The summed E-state index contributed by atoms with van der Waals surface area (Å²) in [6.45, 7) is 11.2. The lowest BCUT2D eigenvalue weighted by Gasteiger charge is -2.03. The molecule has 2 rings (SSSR count). The van der Waals surface area contributed by atoms with E-state index in [4.69, 9.17) is 0 Å². The van der Waals surface area contributed by atoms with Gasteiger partial charge in [0, 0.05) is 17.9 Å². The number of rotatable bonds is 2. The van der Waals surface area contributed by atoms with Crippen LogP contribution in [-0.4, -0.2) is 16.0 Å². The second-order valence-electron chi connectivity index (χ2n) is 5.44. The number of hydrogen-bond acceptors (Lipinski definition) is 2. The zero-order valence-corrected chi connectivity index (χ0v) is 9.60. The number of aromatic amines is 1. The average molecular weight is 193 g/mol. The van der Waals surface area contributed by atoms with Gasteiger partial charge in [0.1, 0.15) is 0 Å². The molecule has 14 heavy (non-hydrogen) atoms. The molecule has 1 heterocycles. The first-order valence-electron chi connectivity index (χ1n) is 5.14. The van der Waals surface area contributed by atoms with Crippen molar-refractivity contribution in [2.75, 3.05) is 5.32 Å². The fraction of sp³-hybridized carbons (Fsp3) is 0.727. The SMILES string of the molecule is Cc1cnc(NC2C(C)(C)C2(C)C)[nH]1. The number of nitrogens with one attached hydrogen (secondary N) is 2. The summed E-state index contributed by atoms with van der Waals surface area (Å²) in [6, 6.07) is 0.514. The van der Waals surface area contributed by atoms with Gasteiger partial charge in [0.15, 0.2) is 0 Å². The summed E-state index contributed by atoms with van der Waals surface area (Å²) < 4.78 is 0. The Morgan fingerprint density at radius 3 is 2.21 bits per heavy atom. The molecule has 3 nitrogen and oxygen atoms in total. The second kappa shape index (κ2) is 2.53. The van der Waals surface area contributed by atoms with Crippen molar-refractivity contribution in [3.05, 3.63) is 11.9 Å². The van der Waals surface area contributed by atoms with Crippen LogP contribution in [-0.2, 0) is 0 Å². The Hall–Kier alpha value is -0.990. The van der Waals surface area contributed by atoms with Gasteiger partial charge in [-0.15, -0.1) is 0 Å². The number of H-pyrrole nitrogens is 1. The lowest BCUT2D eigenvalue weighted by molar-refractivity contribution is 0.457. The highest BCUT2D eigenvalue weighted by Gasteiger charge is 2.65. The largest absolute Gasteiger partial charge is 0.352 e. The predicted molar refractivity (Wildman–Crippen MR) is 58.3 cm³/mol. The van der Waals surface area contributed by atoms with E-state index >= 15 is 0 Å². The standard InChI is InChI=1S/C11H19N3/c1-7-6-12-9(13-7)14-8-10(2,3)11(8,4)5/h6,8H,1-5H3,(H2,12,13,14). The van der Waals surface area contributed by atoms with Crippen LogP contribution in [0, 0.1) is 17.8 Å². The maximum atomic E-state index is 4.26. The maximum absolute atomic E-state index is 4.26. The molecule has 1 fully saturated rings. The van der Waals surface area contributed by atoms with Crippen molar-refractivity contribution in [1.82, 2.24) is 9.97 Å². The van der Waals surface area contributed by atoms with Crippen LogP contribution in [0.1, 0.15) is 33.4 Å². The van der Waals surface area contributed by atoms with E-state index in [1.165, 1.54) is 0 Å². The number of hydrogen-bond donors (Lipinski definition) is 2. The predicted octanol–water partition coefficient (Wildman–Crippen LogP) is 2.56. The smallest absolute Gasteiger partial charge is 0.200 e. The molecular formula is C11H19N3. The monoisotopic (exact) mass is 193 g/mol. The van der Waals surface area contributed by atoms with E-state index in [-0.39, 0.29) is 0 Å². The van der Waals surface area contributed by atoms with E-state index in [2.05, 4.69) is 43.0 Å². The molecule has 0 radical (unpaired) electrons. The van der Waals surface area contributed by atoms with Crippen LogP contribution in [0.15, 0.2) is 6.20 Å². The van der Waals surface area contributed by atoms with Crippen molar-refractivity contribution in [3.63, 3.8) is 0 Å². The third kappa shape index (κ3) is 1.15. The van der Waals surface area contributed by atoms with Crippen LogP contribution < -0.4 is 5.32 Å². The van der Waals surface area contributed by atoms with Gasteiger partial charge in [-0.3, -0.25) is 0 Å². The van der Waals surface area contributed by atoms with Crippen LogP contribution in [0.3, 0.4) is 0 Å². The van der Waals surface area contributed by atoms with E-state index in [1.54, 1.807) is 0 Å². The summed E-state index contributed by atoms with van der Waals surface area (Å²) in [5, 5.41) is 3.45. The van der Waals surface area contributed by atoms with E-state index < -0.39 is 0 Å². The maximum Gasteiger partial charge on any atom is 0.200 e. The van der Waals surface area contributed by atoms with Gasteiger partial charge in [0.05, 0.1) is 0 Å². The molecule has 1 saturated carbocycles. The van der Waals surface area contributed by atoms with Crippen LogP contribution in [0.5, 0.6) is 0 Å². The second-order valence-corrected chi connectivity index (χ2v) is 5.44. The molecule has 3 heteroatoms. The van der Waals surface area contributed by atoms with Crippen molar-refractivity contribution in [2.45, 2.75) is 40.7 Å². The molecule has 0 bridgehead atoms. The van der Waals surface area contributed by atoms with Gasteiger partial charge in [-0.2, -0.15) is 0 Å². The summed E-state index contributed by atoms with van der Waals surface area (Å²) in [5.41, 5.74) is 1.81. The minimum absolute atomic E-state index is 0.355. The van der Waals surface area contributed by atoms with Gasteiger partial charge in [-0.25, -0.2) is 4.98 Å². The zero-order chi connectivity index (χ0) is 10.6. The number of aryl methyl sites for hydroxylation is 1. The first kappa shape index (κ1) is 9.56. The van der Waals surface area contributed by atoms with Gasteiger partial charge < -0.3 is 10.3 Å². The molecule has 1 aliphatic carbocycles. The lowest BCUT2D eigenvalue weighted by atomic mass is 10.0. The van der Waals surface area contributed by atoms with Crippen molar-refractivity contribution in [1.29, 1.82) is 0 Å². The molecular weight excluding hydrogens is 174 g/mol. The quantitative estimate of drug-likeness (QED) is 0.758. The highest BCUT2D eigenvalue weighted by Crippen LogP contribution is 2.63. The Morgan fingerprint density at radius 1 is 1.29 bits per heavy atom. The molecule has 1 aromatic rings. The van der Waals surface area contributed by atoms with E-state index in [0.29, 0.717) is 16.9 Å². The van der Waals surface area contributed by atoms with E-state index in [1.807, 2.05) is 13.1 Å². The molecule has 0 aromatic carbocycles. The third-order valence-electron chi connectivity index (χ3n) is 4.00. The summed E-state index contributed by atoms with van der Waals surface area (Å²) in [6.07, 6.45) is 1.85. The Morgan fingerprint density at radius 2 is 1.86 bits per heavy atom. The zero-order valence-electron chi connectivity index (χ0n) is 9.60. The fourth-order valence-electron chi connectivity index (χ4n) is 2.18. The van der Waals surface area contributed by atoms with Gasteiger partial charge in [-0.05, 0) is 17.8 Å². The van der Waals surface area contributed by atoms with Gasteiger partial charge >= 0.3 is 0 Å². The summed E-state index contributed by atoms with van der Waals surface area (Å²) >= 11 is 0. The number of aromatic nitrogens is 2. The lowest BCUT2D eigenvalue weighted by Crippen LogP contribution is -2.11.